The van der Waals surface area contributed by atoms with Gasteiger partial charge in [0.15, 0.2) is 5.76 Å². The molecule has 2 amide bonds. The van der Waals surface area contributed by atoms with Crippen molar-refractivity contribution in [3.63, 3.8) is 0 Å². The van der Waals surface area contributed by atoms with Crippen molar-refractivity contribution in [3.05, 3.63) is 17.5 Å². The molecule has 1 saturated heterocycles. The molecule has 1 aliphatic carbocycles. The molecule has 1 aromatic heterocycles. The normalized spacial score (nSPS) is 22.1. The molecule has 2 heterocycles. The van der Waals surface area contributed by atoms with Crippen LogP contribution in [0.25, 0.3) is 0 Å². The van der Waals surface area contributed by atoms with E-state index in [0.717, 1.165) is 37.8 Å². The summed E-state index contributed by atoms with van der Waals surface area (Å²) in [6.45, 7) is 2.25. The second-order valence-electron chi connectivity index (χ2n) is 5.79. The lowest BCUT2D eigenvalue weighted by Gasteiger charge is -2.43. The quantitative estimate of drug-likeness (QED) is 0.879. The van der Waals surface area contributed by atoms with Crippen molar-refractivity contribution in [2.75, 3.05) is 6.54 Å². The Labute approximate surface area is 117 Å². The lowest BCUT2D eigenvalue weighted by atomic mass is 9.79. The number of piperazine rings is 1. The van der Waals surface area contributed by atoms with E-state index >= 15 is 0 Å². The summed E-state index contributed by atoms with van der Waals surface area (Å²) in [5.41, 5.74) is 0.101. The van der Waals surface area contributed by atoms with Crippen LogP contribution >= 0.6 is 0 Å². The second kappa shape index (κ2) is 4.92. The number of nitrogens with zero attached hydrogens (tertiary/aromatic N) is 2. The molecule has 1 spiro atoms. The number of hydrogen-bond acceptors (Lipinski definition) is 4. The molecule has 1 N–H and O–H groups in total. The van der Waals surface area contributed by atoms with Gasteiger partial charge >= 0.3 is 0 Å². The van der Waals surface area contributed by atoms with Crippen molar-refractivity contribution in [3.8, 4) is 0 Å². The van der Waals surface area contributed by atoms with E-state index in [-0.39, 0.29) is 18.4 Å². The van der Waals surface area contributed by atoms with Crippen molar-refractivity contribution in [2.24, 2.45) is 0 Å². The second-order valence-corrected chi connectivity index (χ2v) is 5.79. The minimum Gasteiger partial charge on any atom is -0.359 e. The summed E-state index contributed by atoms with van der Waals surface area (Å²) < 4.78 is 5.15. The standard InChI is InChI=1S/C14H19N3O3/c1-10-7-11(20-16-10)8-17-9-12(18)15-14(13(17)19)5-3-2-4-6-14/h7H,2-6,8-9H2,1H3,(H,15,18). The summed E-state index contributed by atoms with van der Waals surface area (Å²) in [6.07, 6.45) is 4.59. The van der Waals surface area contributed by atoms with E-state index in [9.17, 15) is 9.59 Å². The molecule has 1 aromatic rings. The topological polar surface area (TPSA) is 75.4 Å². The highest BCUT2D eigenvalue weighted by Crippen LogP contribution is 2.32. The molecule has 2 aliphatic rings. The molecule has 108 valence electrons. The molecule has 2 fully saturated rings. The summed E-state index contributed by atoms with van der Waals surface area (Å²) in [5, 5.41) is 6.74. The Morgan fingerprint density at radius 3 is 2.75 bits per heavy atom. The van der Waals surface area contributed by atoms with Gasteiger partial charge in [0.05, 0.1) is 12.2 Å². The van der Waals surface area contributed by atoms with Crippen LogP contribution in [0.3, 0.4) is 0 Å². The lowest BCUT2D eigenvalue weighted by molar-refractivity contribution is -0.152. The van der Waals surface area contributed by atoms with Gasteiger partial charge in [-0.15, -0.1) is 0 Å². The summed E-state index contributed by atoms with van der Waals surface area (Å²) >= 11 is 0. The maximum atomic E-state index is 12.7. The van der Waals surface area contributed by atoms with Crippen LogP contribution in [-0.2, 0) is 16.1 Å². The fraction of sp³-hybridized carbons (Fsp3) is 0.643. The van der Waals surface area contributed by atoms with Gasteiger partial charge in [-0.3, -0.25) is 9.59 Å². The molecule has 1 aliphatic heterocycles. The Balaban J connectivity index is 1.80. The van der Waals surface area contributed by atoms with Gasteiger partial charge in [0.1, 0.15) is 12.1 Å². The molecule has 6 nitrogen and oxygen atoms in total. The molecule has 1 saturated carbocycles. The summed E-state index contributed by atoms with van der Waals surface area (Å²) in [5.74, 6) is 0.560. The summed E-state index contributed by atoms with van der Waals surface area (Å²) in [7, 11) is 0. The lowest BCUT2D eigenvalue weighted by Crippen LogP contribution is -2.66. The van der Waals surface area contributed by atoms with Crippen LogP contribution in [0.4, 0.5) is 0 Å². The third-order valence-electron chi connectivity index (χ3n) is 4.14. The van der Waals surface area contributed by atoms with E-state index in [1.165, 1.54) is 0 Å². The van der Waals surface area contributed by atoms with E-state index < -0.39 is 5.54 Å². The van der Waals surface area contributed by atoms with E-state index in [2.05, 4.69) is 10.5 Å². The van der Waals surface area contributed by atoms with Crippen molar-refractivity contribution >= 4 is 11.8 Å². The Morgan fingerprint density at radius 2 is 2.10 bits per heavy atom. The highest BCUT2D eigenvalue weighted by atomic mass is 16.5. The number of nitrogens with one attached hydrogen (secondary N) is 1. The first-order valence-electron chi connectivity index (χ1n) is 7.12. The summed E-state index contributed by atoms with van der Waals surface area (Å²) in [4.78, 5) is 26.2. The fourth-order valence-corrected chi connectivity index (χ4v) is 3.21. The number of aryl methyl sites for hydroxylation is 1. The van der Waals surface area contributed by atoms with Crippen molar-refractivity contribution < 1.29 is 14.1 Å². The van der Waals surface area contributed by atoms with E-state index in [4.69, 9.17) is 4.52 Å². The predicted octanol–water partition coefficient (Wildman–Crippen LogP) is 1.14. The molecular formula is C14H19N3O3. The first-order valence-corrected chi connectivity index (χ1v) is 7.12. The monoisotopic (exact) mass is 277 g/mol. The number of aromatic nitrogens is 1. The zero-order chi connectivity index (χ0) is 14.2. The molecule has 0 aromatic carbocycles. The Hall–Kier alpha value is -1.85. The van der Waals surface area contributed by atoms with Crippen LogP contribution in [0.5, 0.6) is 0 Å². The van der Waals surface area contributed by atoms with Gasteiger partial charge in [-0.25, -0.2) is 0 Å². The predicted molar refractivity (Wildman–Crippen MR) is 70.6 cm³/mol. The fourth-order valence-electron chi connectivity index (χ4n) is 3.21. The van der Waals surface area contributed by atoms with Crippen molar-refractivity contribution in [1.82, 2.24) is 15.4 Å². The summed E-state index contributed by atoms with van der Waals surface area (Å²) in [6, 6.07) is 1.80. The number of amides is 2. The van der Waals surface area contributed by atoms with Crippen molar-refractivity contribution in [1.29, 1.82) is 0 Å². The maximum absolute atomic E-state index is 12.7. The average molecular weight is 277 g/mol. The maximum Gasteiger partial charge on any atom is 0.249 e. The van der Waals surface area contributed by atoms with E-state index in [1.807, 2.05) is 6.92 Å². The molecule has 0 bridgehead atoms. The van der Waals surface area contributed by atoms with Crippen LogP contribution in [0.15, 0.2) is 10.6 Å². The van der Waals surface area contributed by atoms with E-state index in [0.29, 0.717) is 12.3 Å². The van der Waals surface area contributed by atoms with Crippen LogP contribution in [-0.4, -0.2) is 34.0 Å². The van der Waals surface area contributed by atoms with Gasteiger partial charge < -0.3 is 14.7 Å². The van der Waals surface area contributed by atoms with Gasteiger partial charge in [-0.2, -0.15) is 0 Å². The van der Waals surface area contributed by atoms with Gasteiger partial charge in [-0.1, -0.05) is 24.4 Å². The third-order valence-corrected chi connectivity index (χ3v) is 4.14. The van der Waals surface area contributed by atoms with Gasteiger partial charge in [-0.05, 0) is 19.8 Å². The molecule has 0 atom stereocenters. The SMILES string of the molecule is Cc1cc(CN2CC(=O)NC3(CCCCC3)C2=O)on1. The van der Waals surface area contributed by atoms with Crippen molar-refractivity contribution in [2.45, 2.75) is 51.1 Å². The first kappa shape index (κ1) is 13.1. The van der Waals surface area contributed by atoms with Crippen LogP contribution in [0.2, 0.25) is 0 Å². The number of carbonyl (C=O) groups is 2. The Kier molecular flexibility index (Phi) is 3.23. The minimum atomic E-state index is -0.678. The number of rotatable bonds is 2. The zero-order valence-corrected chi connectivity index (χ0v) is 11.6. The highest BCUT2D eigenvalue weighted by molar-refractivity contribution is 5.98. The highest BCUT2D eigenvalue weighted by Gasteiger charge is 2.47. The molecule has 3 rings (SSSR count). The third kappa shape index (κ3) is 2.30. The largest absolute Gasteiger partial charge is 0.359 e. The number of carbonyl (C=O) groups excluding carboxylic acids is 2. The van der Waals surface area contributed by atoms with E-state index in [1.54, 1.807) is 11.0 Å². The van der Waals surface area contributed by atoms with Crippen LogP contribution in [0.1, 0.15) is 43.6 Å². The molecule has 20 heavy (non-hydrogen) atoms. The van der Waals surface area contributed by atoms with Crippen LogP contribution in [0, 0.1) is 6.92 Å². The number of hydrogen-bond donors (Lipinski definition) is 1. The molecule has 0 unspecified atom stereocenters. The van der Waals surface area contributed by atoms with Gasteiger partial charge in [0.25, 0.3) is 0 Å². The smallest absolute Gasteiger partial charge is 0.249 e. The molecule has 0 radical (unpaired) electrons. The average Bonchev–Trinajstić information content (AvgIpc) is 2.82. The van der Waals surface area contributed by atoms with Crippen LogP contribution < -0.4 is 5.32 Å². The first-order chi connectivity index (χ1) is 9.59. The Bertz CT molecular complexity index is 532. The zero-order valence-electron chi connectivity index (χ0n) is 11.6. The minimum absolute atomic E-state index is 0.0193. The molecule has 6 heteroatoms. The van der Waals surface area contributed by atoms with Gasteiger partial charge in [0, 0.05) is 6.07 Å². The Morgan fingerprint density at radius 1 is 1.35 bits per heavy atom. The van der Waals surface area contributed by atoms with Gasteiger partial charge in [0.2, 0.25) is 11.8 Å². The molecular weight excluding hydrogens is 258 g/mol.